The molecule has 1 fully saturated rings. The molecule has 1 aromatic carbocycles. The SMILES string of the molecule is c1ccc2c(c1)OCC2CCCNC1CC1. The maximum absolute atomic E-state index is 5.68. The van der Waals surface area contributed by atoms with Gasteiger partial charge >= 0.3 is 0 Å². The first-order chi connectivity index (χ1) is 7.93. The lowest BCUT2D eigenvalue weighted by Gasteiger charge is -2.08. The molecule has 2 aliphatic rings. The normalized spacial score (nSPS) is 22.9. The number of rotatable bonds is 5. The first-order valence-corrected chi connectivity index (χ1v) is 6.38. The van der Waals surface area contributed by atoms with E-state index in [1.807, 2.05) is 0 Å². The highest BCUT2D eigenvalue weighted by molar-refractivity contribution is 5.39. The third-order valence-corrected chi connectivity index (χ3v) is 3.54. The number of fused-ring (bicyclic) bond motifs is 1. The van der Waals surface area contributed by atoms with E-state index < -0.39 is 0 Å². The van der Waals surface area contributed by atoms with Gasteiger partial charge in [0.05, 0.1) is 6.61 Å². The molecule has 1 atom stereocenters. The van der Waals surface area contributed by atoms with Crippen molar-refractivity contribution in [2.45, 2.75) is 37.6 Å². The Labute approximate surface area is 97.0 Å². The van der Waals surface area contributed by atoms with Gasteiger partial charge in [-0.2, -0.15) is 0 Å². The van der Waals surface area contributed by atoms with E-state index in [9.17, 15) is 0 Å². The van der Waals surface area contributed by atoms with Crippen molar-refractivity contribution >= 4 is 0 Å². The van der Waals surface area contributed by atoms with Gasteiger partial charge < -0.3 is 10.1 Å². The summed E-state index contributed by atoms with van der Waals surface area (Å²) in [4.78, 5) is 0. The Morgan fingerprint density at radius 1 is 1.25 bits per heavy atom. The molecule has 0 aromatic heterocycles. The molecule has 2 heteroatoms. The molecule has 16 heavy (non-hydrogen) atoms. The second-order valence-corrected chi connectivity index (χ2v) is 4.92. The molecule has 3 rings (SSSR count). The van der Waals surface area contributed by atoms with Crippen LogP contribution in [0.5, 0.6) is 5.75 Å². The molecule has 1 saturated carbocycles. The summed E-state index contributed by atoms with van der Waals surface area (Å²) >= 11 is 0. The minimum atomic E-state index is 0.622. The smallest absolute Gasteiger partial charge is 0.122 e. The van der Waals surface area contributed by atoms with E-state index in [4.69, 9.17) is 4.74 Å². The molecule has 1 aliphatic heterocycles. The van der Waals surface area contributed by atoms with Gasteiger partial charge in [0, 0.05) is 17.5 Å². The molecule has 0 saturated heterocycles. The van der Waals surface area contributed by atoms with Gasteiger partial charge in [-0.3, -0.25) is 0 Å². The van der Waals surface area contributed by atoms with Crippen LogP contribution >= 0.6 is 0 Å². The third kappa shape index (κ3) is 2.22. The summed E-state index contributed by atoms with van der Waals surface area (Å²) < 4.78 is 5.68. The van der Waals surface area contributed by atoms with Crippen molar-refractivity contribution in [2.75, 3.05) is 13.2 Å². The van der Waals surface area contributed by atoms with Gasteiger partial charge in [0.25, 0.3) is 0 Å². The molecule has 2 nitrogen and oxygen atoms in total. The second-order valence-electron chi connectivity index (χ2n) is 4.92. The monoisotopic (exact) mass is 217 g/mol. The molecule has 0 bridgehead atoms. The fourth-order valence-electron chi connectivity index (χ4n) is 2.41. The number of hydrogen-bond acceptors (Lipinski definition) is 2. The van der Waals surface area contributed by atoms with Crippen LogP contribution in [-0.4, -0.2) is 19.2 Å². The number of nitrogens with one attached hydrogen (secondary N) is 1. The van der Waals surface area contributed by atoms with Crippen LogP contribution in [0.25, 0.3) is 0 Å². The minimum Gasteiger partial charge on any atom is -0.493 e. The zero-order valence-corrected chi connectivity index (χ0v) is 9.61. The zero-order chi connectivity index (χ0) is 10.8. The summed E-state index contributed by atoms with van der Waals surface area (Å²) in [6, 6.07) is 9.30. The summed E-state index contributed by atoms with van der Waals surface area (Å²) in [7, 11) is 0. The van der Waals surface area contributed by atoms with Gasteiger partial charge in [0.1, 0.15) is 5.75 Å². The van der Waals surface area contributed by atoms with Gasteiger partial charge in [0.2, 0.25) is 0 Å². The molecule has 0 radical (unpaired) electrons. The van der Waals surface area contributed by atoms with E-state index in [0.29, 0.717) is 5.92 Å². The summed E-state index contributed by atoms with van der Waals surface area (Å²) in [5.41, 5.74) is 1.41. The van der Waals surface area contributed by atoms with E-state index in [-0.39, 0.29) is 0 Å². The molecule has 1 aliphatic carbocycles. The van der Waals surface area contributed by atoms with Gasteiger partial charge in [0.15, 0.2) is 0 Å². The largest absolute Gasteiger partial charge is 0.493 e. The highest BCUT2D eigenvalue weighted by Gasteiger charge is 2.23. The number of hydrogen-bond donors (Lipinski definition) is 1. The Hall–Kier alpha value is -1.02. The first kappa shape index (κ1) is 10.2. The van der Waals surface area contributed by atoms with E-state index in [1.54, 1.807) is 0 Å². The number of para-hydroxylation sites is 1. The average molecular weight is 217 g/mol. The Balaban J connectivity index is 1.48. The van der Waals surface area contributed by atoms with Crippen LogP contribution in [0.2, 0.25) is 0 Å². The van der Waals surface area contributed by atoms with Crippen molar-refractivity contribution in [1.29, 1.82) is 0 Å². The predicted molar refractivity (Wildman–Crippen MR) is 64.9 cm³/mol. The Morgan fingerprint density at radius 3 is 3.00 bits per heavy atom. The molecule has 1 aromatic rings. The minimum absolute atomic E-state index is 0.622. The zero-order valence-electron chi connectivity index (χ0n) is 9.61. The molecular formula is C14H19NO. The van der Waals surface area contributed by atoms with E-state index in [1.165, 1.54) is 37.8 Å². The van der Waals surface area contributed by atoms with Gasteiger partial charge in [-0.25, -0.2) is 0 Å². The lowest BCUT2D eigenvalue weighted by Crippen LogP contribution is -2.18. The summed E-state index contributed by atoms with van der Waals surface area (Å²) in [5.74, 6) is 1.72. The molecular weight excluding hydrogens is 198 g/mol. The van der Waals surface area contributed by atoms with Gasteiger partial charge in [-0.05, 0) is 38.3 Å². The van der Waals surface area contributed by atoms with E-state index in [2.05, 4.69) is 29.6 Å². The maximum Gasteiger partial charge on any atom is 0.122 e. The van der Waals surface area contributed by atoms with Crippen LogP contribution in [0.1, 0.15) is 37.2 Å². The van der Waals surface area contributed by atoms with Crippen LogP contribution in [-0.2, 0) is 0 Å². The van der Waals surface area contributed by atoms with Crippen LogP contribution in [0.4, 0.5) is 0 Å². The van der Waals surface area contributed by atoms with Crippen molar-refractivity contribution in [2.24, 2.45) is 0 Å². The lowest BCUT2D eigenvalue weighted by molar-refractivity contribution is 0.322. The highest BCUT2D eigenvalue weighted by atomic mass is 16.5. The molecule has 86 valence electrons. The molecule has 1 N–H and O–H groups in total. The van der Waals surface area contributed by atoms with Crippen molar-refractivity contribution < 1.29 is 4.74 Å². The van der Waals surface area contributed by atoms with Crippen LogP contribution in [0.3, 0.4) is 0 Å². The predicted octanol–water partition coefficient (Wildman–Crippen LogP) is 2.69. The van der Waals surface area contributed by atoms with E-state index in [0.717, 1.165) is 18.4 Å². The molecule has 0 spiro atoms. The second kappa shape index (κ2) is 4.46. The van der Waals surface area contributed by atoms with Crippen molar-refractivity contribution in [3.63, 3.8) is 0 Å². The van der Waals surface area contributed by atoms with Crippen molar-refractivity contribution in [3.05, 3.63) is 29.8 Å². The van der Waals surface area contributed by atoms with Crippen molar-refractivity contribution in [3.8, 4) is 5.75 Å². The fraction of sp³-hybridized carbons (Fsp3) is 0.571. The Bertz CT molecular complexity index is 360. The third-order valence-electron chi connectivity index (χ3n) is 3.54. The Kier molecular flexibility index (Phi) is 2.83. The molecule has 1 unspecified atom stereocenters. The number of benzene rings is 1. The fourth-order valence-corrected chi connectivity index (χ4v) is 2.41. The summed E-state index contributed by atoms with van der Waals surface area (Å²) in [6.45, 7) is 2.05. The van der Waals surface area contributed by atoms with Crippen molar-refractivity contribution in [1.82, 2.24) is 5.32 Å². The quantitative estimate of drug-likeness (QED) is 0.766. The Morgan fingerprint density at radius 2 is 2.12 bits per heavy atom. The molecule has 1 heterocycles. The van der Waals surface area contributed by atoms with Gasteiger partial charge in [-0.15, -0.1) is 0 Å². The van der Waals surface area contributed by atoms with E-state index >= 15 is 0 Å². The van der Waals surface area contributed by atoms with Crippen LogP contribution in [0.15, 0.2) is 24.3 Å². The lowest BCUT2D eigenvalue weighted by atomic mass is 9.96. The first-order valence-electron chi connectivity index (χ1n) is 6.38. The maximum atomic E-state index is 5.68. The standard InChI is InChI=1S/C14H19NO/c1-2-6-14-13(5-1)11(10-16-14)4-3-9-15-12-7-8-12/h1-2,5-6,11-12,15H,3-4,7-10H2. The summed E-state index contributed by atoms with van der Waals surface area (Å²) in [5, 5.41) is 3.56. The topological polar surface area (TPSA) is 21.3 Å². The molecule has 0 amide bonds. The summed E-state index contributed by atoms with van der Waals surface area (Å²) in [6.07, 6.45) is 5.28. The van der Waals surface area contributed by atoms with Crippen LogP contribution < -0.4 is 10.1 Å². The number of ether oxygens (including phenoxy) is 1. The highest BCUT2D eigenvalue weighted by Crippen LogP contribution is 2.35. The average Bonchev–Trinajstić information content (AvgIpc) is 3.05. The van der Waals surface area contributed by atoms with Gasteiger partial charge in [-0.1, -0.05) is 18.2 Å². The van der Waals surface area contributed by atoms with Crippen LogP contribution in [0, 0.1) is 0 Å².